The van der Waals surface area contributed by atoms with Gasteiger partial charge >= 0.3 is 0 Å². The molecular formula is C10H10ClN3S2. The van der Waals surface area contributed by atoms with Crippen molar-refractivity contribution < 1.29 is 0 Å². The van der Waals surface area contributed by atoms with Gasteiger partial charge in [0.05, 0.1) is 5.02 Å². The highest BCUT2D eigenvalue weighted by molar-refractivity contribution is 8.01. The molecule has 16 heavy (non-hydrogen) atoms. The lowest BCUT2D eigenvalue weighted by molar-refractivity contribution is 0.971. The van der Waals surface area contributed by atoms with E-state index in [4.69, 9.17) is 17.3 Å². The number of anilines is 1. The van der Waals surface area contributed by atoms with E-state index in [1.165, 1.54) is 23.3 Å². The first-order chi connectivity index (χ1) is 7.69. The van der Waals surface area contributed by atoms with E-state index >= 15 is 0 Å². The second-order valence-corrected chi connectivity index (χ2v) is 5.57. The highest BCUT2D eigenvalue weighted by Gasteiger charge is 2.07. The van der Waals surface area contributed by atoms with E-state index in [0.29, 0.717) is 10.7 Å². The van der Waals surface area contributed by atoms with Gasteiger partial charge in [0.25, 0.3) is 0 Å². The predicted molar refractivity (Wildman–Crippen MR) is 69.3 cm³/mol. The summed E-state index contributed by atoms with van der Waals surface area (Å²) in [5, 5.41) is 0.651. The van der Waals surface area contributed by atoms with Crippen LogP contribution in [-0.4, -0.2) is 9.36 Å². The zero-order chi connectivity index (χ0) is 11.5. The summed E-state index contributed by atoms with van der Waals surface area (Å²) in [4.78, 5) is 5.32. The number of aromatic nitrogens is 2. The Morgan fingerprint density at radius 1 is 1.50 bits per heavy atom. The van der Waals surface area contributed by atoms with E-state index in [9.17, 15) is 0 Å². The molecule has 0 bridgehead atoms. The number of hydrogen-bond donors (Lipinski definition) is 1. The van der Waals surface area contributed by atoms with E-state index in [-0.39, 0.29) is 0 Å². The number of nitrogen functional groups attached to an aromatic ring is 1. The SMILES string of the molecule is CCc1nsc(Sc2ccc(N)cc2Cl)n1. The molecule has 84 valence electrons. The molecule has 1 aromatic carbocycles. The highest BCUT2D eigenvalue weighted by Crippen LogP contribution is 2.35. The number of aryl methyl sites for hydroxylation is 1. The minimum absolute atomic E-state index is 0.651. The molecule has 0 amide bonds. The Morgan fingerprint density at radius 2 is 2.31 bits per heavy atom. The van der Waals surface area contributed by atoms with Crippen LogP contribution in [0.3, 0.4) is 0 Å². The Kier molecular flexibility index (Phi) is 3.68. The molecular weight excluding hydrogens is 262 g/mol. The van der Waals surface area contributed by atoms with Gasteiger partial charge in [-0.15, -0.1) is 0 Å². The van der Waals surface area contributed by atoms with Crippen LogP contribution >= 0.6 is 34.9 Å². The first-order valence-electron chi connectivity index (χ1n) is 4.74. The van der Waals surface area contributed by atoms with Crippen LogP contribution in [0.5, 0.6) is 0 Å². The van der Waals surface area contributed by atoms with Gasteiger partial charge in [-0.05, 0) is 29.7 Å². The Balaban J connectivity index is 2.20. The van der Waals surface area contributed by atoms with Crippen LogP contribution in [-0.2, 0) is 6.42 Å². The number of nitrogens with zero attached hydrogens (tertiary/aromatic N) is 2. The van der Waals surface area contributed by atoms with Crippen LogP contribution in [0.25, 0.3) is 0 Å². The van der Waals surface area contributed by atoms with E-state index in [0.717, 1.165) is 21.5 Å². The maximum Gasteiger partial charge on any atom is 0.174 e. The molecule has 3 nitrogen and oxygen atoms in total. The van der Waals surface area contributed by atoms with Gasteiger partial charge in [0.2, 0.25) is 0 Å². The summed E-state index contributed by atoms with van der Waals surface area (Å²) < 4.78 is 5.13. The van der Waals surface area contributed by atoms with Crippen LogP contribution < -0.4 is 5.73 Å². The first-order valence-corrected chi connectivity index (χ1v) is 6.71. The molecule has 6 heteroatoms. The van der Waals surface area contributed by atoms with Crippen molar-refractivity contribution in [3.63, 3.8) is 0 Å². The first kappa shape index (κ1) is 11.7. The molecule has 0 aliphatic heterocycles. The Hall–Kier alpha value is -0.780. The third kappa shape index (κ3) is 2.66. The standard InChI is InChI=1S/C10H10ClN3S2/c1-2-9-13-10(16-14-9)15-8-4-3-6(12)5-7(8)11/h3-5H,2,12H2,1H3. The average molecular weight is 272 g/mol. The molecule has 1 aromatic heterocycles. The van der Waals surface area contributed by atoms with Crippen LogP contribution in [0, 0.1) is 0 Å². The van der Waals surface area contributed by atoms with Gasteiger partial charge in [0.1, 0.15) is 5.82 Å². The fourth-order valence-corrected chi connectivity index (χ4v) is 3.08. The summed E-state index contributed by atoms with van der Waals surface area (Å²) in [5.74, 6) is 0.874. The maximum atomic E-state index is 6.08. The molecule has 2 rings (SSSR count). The zero-order valence-electron chi connectivity index (χ0n) is 8.61. The molecule has 0 saturated heterocycles. The van der Waals surface area contributed by atoms with Crippen LogP contribution in [0.1, 0.15) is 12.7 Å². The lowest BCUT2D eigenvalue weighted by atomic mass is 10.3. The largest absolute Gasteiger partial charge is 0.399 e. The smallest absolute Gasteiger partial charge is 0.174 e. The molecule has 2 aromatic rings. The molecule has 1 heterocycles. The second kappa shape index (κ2) is 5.03. The number of nitrogens with two attached hydrogens (primary N) is 1. The van der Waals surface area contributed by atoms with Crippen molar-refractivity contribution in [2.45, 2.75) is 22.6 Å². The quantitative estimate of drug-likeness (QED) is 0.869. The number of halogens is 1. The monoisotopic (exact) mass is 271 g/mol. The molecule has 0 saturated carbocycles. The summed E-state index contributed by atoms with van der Waals surface area (Å²) in [5.41, 5.74) is 6.29. The van der Waals surface area contributed by atoms with Crippen molar-refractivity contribution in [3.8, 4) is 0 Å². The van der Waals surface area contributed by atoms with E-state index in [1.807, 2.05) is 19.1 Å². The van der Waals surface area contributed by atoms with Crippen LogP contribution in [0.15, 0.2) is 27.4 Å². The van der Waals surface area contributed by atoms with Gasteiger partial charge in [-0.2, -0.15) is 4.37 Å². The fourth-order valence-electron chi connectivity index (χ4n) is 1.12. The van der Waals surface area contributed by atoms with Crippen molar-refractivity contribution in [1.29, 1.82) is 0 Å². The predicted octanol–water partition coefficient (Wildman–Crippen LogP) is 3.49. The molecule has 0 aliphatic carbocycles. The number of hydrogen-bond acceptors (Lipinski definition) is 5. The lowest BCUT2D eigenvalue weighted by Gasteiger charge is -2.01. The van der Waals surface area contributed by atoms with Gasteiger partial charge in [-0.25, -0.2) is 4.98 Å². The fraction of sp³-hybridized carbons (Fsp3) is 0.200. The van der Waals surface area contributed by atoms with Crippen LogP contribution in [0.4, 0.5) is 5.69 Å². The third-order valence-corrected chi connectivity index (χ3v) is 4.21. The van der Waals surface area contributed by atoms with E-state index in [2.05, 4.69) is 9.36 Å². The zero-order valence-corrected chi connectivity index (χ0v) is 11.0. The minimum Gasteiger partial charge on any atom is -0.399 e. The van der Waals surface area contributed by atoms with Gasteiger partial charge < -0.3 is 5.73 Å². The third-order valence-electron chi connectivity index (χ3n) is 1.92. The van der Waals surface area contributed by atoms with Crippen molar-refractivity contribution >= 4 is 40.6 Å². The normalized spacial score (nSPS) is 10.6. The second-order valence-electron chi connectivity index (χ2n) is 3.12. The molecule has 0 unspecified atom stereocenters. The summed E-state index contributed by atoms with van der Waals surface area (Å²) in [6, 6.07) is 5.47. The molecule has 2 N–H and O–H groups in total. The van der Waals surface area contributed by atoms with E-state index < -0.39 is 0 Å². The van der Waals surface area contributed by atoms with Crippen molar-refractivity contribution in [1.82, 2.24) is 9.36 Å². The Labute approximate surface area is 107 Å². The number of benzene rings is 1. The topological polar surface area (TPSA) is 51.8 Å². The Bertz CT molecular complexity index is 499. The van der Waals surface area contributed by atoms with Gasteiger partial charge in [0.15, 0.2) is 4.34 Å². The molecule has 0 atom stereocenters. The minimum atomic E-state index is 0.651. The summed E-state index contributed by atoms with van der Waals surface area (Å²) in [6.07, 6.45) is 0.854. The van der Waals surface area contributed by atoms with Gasteiger partial charge in [-0.1, -0.05) is 30.3 Å². The molecule has 0 aliphatic rings. The molecule has 0 radical (unpaired) electrons. The summed E-state index contributed by atoms with van der Waals surface area (Å²) in [7, 11) is 0. The Morgan fingerprint density at radius 3 is 2.94 bits per heavy atom. The summed E-state index contributed by atoms with van der Waals surface area (Å²) in [6.45, 7) is 2.03. The van der Waals surface area contributed by atoms with Crippen molar-refractivity contribution in [3.05, 3.63) is 29.0 Å². The van der Waals surface area contributed by atoms with Crippen molar-refractivity contribution in [2.75, 3.05) is 5.73 Å². The molecule has 0 fully saturated rings. The maximum absolute atomic E-state index is 6.08. The molecule has 0 spiro atoms. The van der Waals surface area contributed by atoms with Crippen molar-refractivity contribution in [2.24, 2.45) is 0 Å². The van der Waals surface area contributed by atoms with E-state index in [1.54, 1.807) is 6.07 Å². The van der Waals surface area contributed by atoms with Gasteiger partial charge in [0, 0.05) is 17.0 Å². The van der Waals surface area contributed by atoms with Crippen LogP contribution in [0.2, 0.25) is 5.02 Å². The van der Waals surface area contributed by atoms with Gasteiger partial charge in [-0.3, -0.25) is 0 Å². The number of rotatable bonds is 3. The summed E-state index contributed by atoms with van der Waals surface area (Å²) >= 11 is 8.99. The average Bonchev–Trinajstić information content (AvgIpc) is 2.70. The highest BCUT2D eigenvalue weighted by atomic mass is 35.5. The lowest BCUT2D eigenvalue weighted by Crippen LogP contribution is -1.85.